The van der Waals surface area contributed by atoms with Crippen molar-refractivity contribution >= 4 is 5.95 Å². The molecule has 0 fully saturated rings. The number of halogens is 2. The Morgan fingerprint density at radius 1 is 1.21 bits per heavy atom. The van der Waals surface area contributed by atoms with Crippen LogP contribution in [-0.4, -0.2) is 17.1 Å². The number of nitrogens with two attached hydrogens (primary N) is 1. The highest BCUT2D eigenvalue weighted by atomic mass is 19.3. The summed E-state index contributed by atoms with van der Waals surface area (Å²) in [4.78, 5) is 7.63. The number of alkyl halides is 2. The Hall–Kier alpha value is -2.28. The van der Waals surface area contributed by atoms with Crippen molar-refractivity contribution in [2.45, 2.75) is 6.43 Å². The van der Waals surface area contributed by atoms with Crippen molar-refractivity contribution in [3.8, 4) is 17.0 Å². The van der Waals surface area contributed by atoms with Gasteiger partial charge in [0.2, 0.25) is 5.95 Å². The molecule has 3 N–H and O–H groups in total. The van der Waals surface area contributed by atoms with Crippen LogP contribution in [0.2, 0.25) is 0 Å². The lowest BCUT2D eigenvalue weighted by Crippen LogP contribution is -2.12. The maximum Gasteiger partial charge on any atom is 0.280 e. The lowest BCUT2D eigenvalue weighted by atomic mass is 10.1. The second kappa shape index (κ2) is 5.57. The van der Waals surface area contributed by atoms with Gasteiger partial charge < -0.3 is 4.74 Å². The summed E-state index contributed by atoms with van der Waals surface area (Å²) in [5.74, 6) is 5.79. The smallest absolute Gasteiger partial charge is 0.280 e. The van der Waals surface area contributed by atoms with Gasteiger partial charge in [-0.25, -0.2) is 24.6 Å². The lowest BCUT2D eigenvalue weighted by molar-refractivity contribution is 0.146. The molecule has 0 amide bonds. The van der Waals surface area contributed by atoms with Crippen LogP contribution in [0.25, 0.3) is 11.3 Å². The van der Waals surface area contributed by atoms with Gasteiger partial charge in [0.15, 0.2) is 0 Å². The van der Waals surface area contributed by atoms with Crippen LogP contribution in [0.5, 0.6) is 5.75 Å². The number of rotatable bonds is 4. The number of methoxy groups -OCH3 is 1. The predicted octanol–water partition coefficient (Wildman–Crippen LogP) is 2.38. The molecule has 0 radical (unpaired) electrons. The van der Waals surface area contributed by atoms with Crippen molar-refractivity contribution in [3.63, 3.8) is 0 Å². The van der Waals surface area contributed by atoms with Crippen LogP contribution in [0.4, 0.5) is 14.7 Å². The van der Waals surface area contributed by atoms with E-state index in [9.17, 15) is 8.78 Å². The van der Waals surface area contributed by atoms with E-state index in [0.29, 0.717) is 17.0 Å². The fourth-order valence-corrected chi connectivity index (χ4v) is 1.55. The Balaban J connectivity index is 2.44. The molecule has 1 aromatic heterocycles. The molecule has 0 unspecified atom stereocenters. The Kier molecular flexibility index (Phi) is 3.86. The van der Waals surface area contributed by atoms with E-state index in [4.69, 9.17) is 10.6 Å². The van der Waals surface area contributed by atoms with Crippen molar-refractivity contribution in [1.29, 1.82) is 0 Å². The minimum Gasteiger partial charge on any atom is -0.497 e. The third-order valence-electron chi connectivity index (χ3n) is 2.48. The van der Waals surface area contributed by atoms with Crippen LogP contribution in [-0.2, 0) is 0 Å². The van der Waals surface area contributed by atoms with Crippen molar-refractivity contribution in [2.75, 3.05) is 12.5 Å². The van der Waals surface area contributed by atoms with Gasteiger partial charge in [0.25, 0.3) is 6.43 Å². The van der Waals surface area contributed by atoms with E-state index < -0.39 is 6.43 Å². The molecule has 100 valence electrons. The molecule has 1 heterocycles. The highest BCUT2D eigenvalue weighted by Gasteiger charge is 2.13. The molecule has 7 heteroatoms. The number of nitrogen functional groups attached to an aromatic ring is 1. The lowest BCUT2D eigenvalue weighted by Gasteiger charge is -2.07. The molecule has 1 aromatic carbocycles. The molecular weight excluding hydrogens is 254 g/mol. The van der Waals surface area contributed by atoms with E-state index in [1.807, 2.05) is 0 Å². The number of anilines is 1. The van der Waals surface area contributed by atoms with Crippen molar-refractivity contribution < 1.29 is 13.5 Å². The van der Waals surface area contributed by atoms with Crippen LogP contribution in [0.15, 0.2) is 30.3 Å². The molecule has 0 atom stereocenters. The third kappa shape index (κ3) is 2.94. The summed E-state index contributed by atoms with van der Waals surface area (Å²) in [6, 6.07) is 8.10. The molecule has 0 saturated heterocycles. The summed E-state index contributed by atoms with van der Waals surface area (Å²) in [6.45, 7) is 0. The van der Waals surface area contributed by atoms with Crippen LogP contribution >= 0.6 is 0 Å². The monoisotopic (exact) mass is 266 g/mol. The summed E-state index contributed by atoms with van der Waals surface area (Å²) in [7, 11) is 1.55. The number of nitrogens with one attached hydrogen (secondary N) is 1. The van der Waals surface area contributed by atoms with Gasteiger partial charge in [-0.3, -0.25) is 5.43 Å². The number of aromatic nitrogens is 2. The van der Waals surface area contributed by atoms with E-state index in [0.717, 1.165) is 0 Å². The Bertz CT molecular complexity index is 560. The zero-order valence-corrected chi connectivity index (χ0v) is 10.1. The first-order valence-corrected chi connectivity index (χ1v) is 5.42. The van der Waals surface area contributed by atoms with Gasteiger partial charge in [0.05, 0.1) is 12.8 Å². The van der Waals surface area contributed by atoms with Gasteiger partial charge >= 0.3 is 0 Å². The number of hydrogen-bond acceptors (Lipinski definition) is 5. The average molecular weight is 266 g/mol. The van der Waals surface area contributed by atoms with E-state index in [2.05, 4.69) is 15.4 Å². The fraction of sp³-hybridized carbons (Fsp3) is 0.167. The second-order valence-electron chi connectivity index (χ2n) is 3.68. The number of benzene rings is 1. The molecule has 0 spiro atoms. The van der Waals surface area contributed by atoms with Crippen molar-refractivity contribution in [1.82, 2.24) is 9.97 Å². The number of ether oxygens (including phenoxy) is 1. The van der Waals surface area contributed by atoms with Gasteiger partial charge in [-0.05, 0) is 30.3 Å². The van der Waals surface area contributed by atoms with Crippen LogP contribution in [0.3, 0.4) is 0 Å². The minimum absolute atomic E-state index is 0.0522. The molecule has 0 aliphatic carbocycles. The summed E-state index contributed by atoms with van der Waals surface area (Å²) in [5, 5.41) is 0. The maximum atomic E-state index is 12.7. The van der Waals surface area contributed by atoms with E-state index in [1.165, 1.54) is 6.07 Å². The summed E-state index contributed by atoms with van der Waals surface area (Å²) in [5.41, 5.74) is 2.82. The van der Waals surface area contributed by atoms with E-state index in [-0.39, 0.29) is 11.6 Å². The zero-order valence-electron chi connectivity index (χ0n) is 10.1. The van der Waals surface area contributed by atoms with Crippen molar-refractivity contribution in [2.24, 2.45) is 5.84 Å². The molecule has 2 aromatic rings. The molecule has 0 saturated carbocycles. The molecular formula is C12H12F2N4O. The quantitative estimate of drug-likeness (QED) is 0.656. The highest BCUT2D eigenvalue weighted by molar-refractivity contribution is 5.61. The second-order valence-corrected chi connectivity index (χ2v) is 3.68. The van der Waals surface area contributed by atoms with Gasteiger partial charge in [0, 0.05) is 5.56 Å². The van der Waals surface area contributed by atoms with E-state index >= 15 is 0 Å². The summed E-state index contributed by atoms with van der Waals surface area (Å²) >= 11 is 0. The van der Waals surface area contributed by atoms with Crippen LogP contribution < -0.4 is 16.0 Å². The molecule has 0 aliphatic rings. The Morgan fingerprint density at radius 2 is 1.89 bits per heavy atom. The van der Waals surface area contributed by atoms with Gasteiger partial charge in [-0.1, -0.05) is 0 Å². The summed E-state index contributed by atoms with van der Waals surface area (Å²) < 4.78 is 30.5. The standard InChI is InChI=1S/C12H12F2N4O/c1-19-8-4-2-7(3-5-8)9-6-10(11(13)14)17-12(16-9)18-15/h2-6,11H,15H2,1H3,(H,16,17,18). The molecule has 19 heavy (non-hydrogen) atoms. The summed E-state index contributed by atoms with van der Waals surface area (Å²) in [6.07, 6.45) is -2.69. The molecule has 5 nitrogen and oxygen atoms in total. The molecule has 2 rings (SSSR count). The zero-order chi connectivity index (χ0) is 13.8. The fourth-order valence-electron chi connectivity index (χ4n) is 1.55. The number of hydrazine groups is 1. The predicted molar refractivity (Wildman–Crippen MR) is 66.8 cm³/mol. The van der Waals surface area contributed by atoms with Crippen LogP contribution in [0.1, 0.15) is 12.1 Å². The first-order chi connectivity index (χ1) is 9.13. The van der Waals surface area contributed by atoms with Crippen molar-refractivity contribution in [3.05, 3.63) is 36.0 Å². The molecule has 0 bridgehead atoms. The average Bonchev–Trinajstić information content (AvgIpc) is 2.46. The Morgan fingerprint density at radius 3 is 2.42 bits per heavy atom. The largest absolute Gasteiger partial charge is 0.497 e. The highest BCUT2D eigenvalue weighted by Crippen LogP contribution is 2.25. The van der Waals surface area contributed by atoms with Crippen LogP contribution in [0, 0.1) is 0 Å². The number of nitrogens with zero attached hydrogens (tertiary/aromatic N) is 2. The third-order valence-corrected chi connectivity index (χ3v) is 2.48. The number of hydrogen-bond donors (Lipinski definition) is 2. The first-order valence-electron chi connectivity index (χ1n) is 5.42. The van der Waals surface area contributed by atoms with Gasteiger partial charge in [-0.2, -0.15) is 0 Å². The maximum absolute atomic E-state index is 12.7. The Labute approximate surface area is 108 Å². The van der Waals surface area contributed by atoms with Gasteiger partial charge in [-0.15, -0.1) is 0 Å². The van der Waals surface area contributed by atoms with E-state index in [1.54, 1.807) is 31.4 Å². The first kappa shape index (κ1) is 13.2. The molecule has 0 aliphatic heterocycles. The normalized spacial score (nSPS) is 10.6. The van der Waals surface area contributed by atoms with Gasteiger partial charge in [0.1, 0.15) is 11.4 Å². The minimum atomic E-state index is -2.69. The topological polar surface area (TPSA) is 73.1 Å². The SMILES string of the molecule is COc1ccc(-c2cc(C(F)F)nc(NN)n2)cc1.